The van der Waals surface area contributed by atoms with Crippen LogP contribution in [0, 0.1) is 5.92 Å². The fourth-order valence-corrected chi connectivity index (χ4v) is 5.22. The molecule has 0 radical (unpaired) electrons. The Morgan fingerprint density at radius 3 is 2.53 bits per heavy atom. The predicted octanol–water partition coefficient (Wildman–Crippen LogP) is 4.08. The van der Waals surface area contributed by atoms with E-state index in [-0.39, 0.29) is 17.0 Å². The fourth-order valence-electron chi connectivity index (χ4n) is 4.20. The molecule has 1 aliphatic heterocycles. The van der Waals surface area contributed by atoms with Crippen LogP contribution in [-0.2, 0) is 17.8 Å². The summed E-state index contributed by atoms with van der Waals surface area (Å²) in [4.78, 5) is 44.5. The molecule has 1 fully saturated rings. The summed E-state index contributed by atoms with van der Waals surface area (Å²) in [5, 5.41) is 9.75. The maximum atomic E-state index is 13.4. The van der Waals surface area contributed by atoms with Crippen LogP contribution < -0.4 is 5.56 Å². The van der Waals surface area contributed by atoms with E-state index >= 15 is 0 Å². The molecule has 0 saturated carbocycles. The second-order valence-electron chi connectivity index (χ2n) is 8.89. The number of carbonyl (C=O) groups excluding carboxylic acids is 1. The fraction of sp³-hybridized carbons (Fsp3) is 0.385. The molecule has 1 N–H and O–H groups in total. The van der Waals surface area contributed by atoms with Crippen LogP contribution in [-0.4, -0.2) is 49.8 Å². The Morgan fingerprint density at radius 2 is 1.85 bits per heavy atom. The van der Waals surface area contributed by atoms with E-state index in [1.165, 1.54) is 30.0 Å². The number of carboxylic acids is 1. The first-order valence-electron chi connectivity index (χ1n) is 11.6. The molecule has 1 saturated heterocycles. The standard InChI is InChI=1S/C26H29N3O4S/c1-17-10-13-28(14-11-17)23(30)18(2)34-26-27-22-16-20(25(32)33)8-9-21(22)24(31)29(26)15-12-19-6-4-3-5-7-19/h3-9,16-18H,10-15H2,1-2H3,(H,32,33)/t18-/m1/s1. The minimum absolute atomic E-state index is 0.0418. The molecule has 0 aliphatic carbocycles. The zero-order valence-corrected chi connectivity index (χ0v) is 20.3. The maximum absolute atomic E-state index is 13.4. The molecule has 34 heavy (non-hydrogen) atoms. The van der Waals surface area contributed by atoms with Gasteiger partial charge in [0, 0.05) is 19.6 Å². The number of amides is 1. The predicted molar refractivity (Wildman–Crippen MR) is 133 cm³/mol. The highest BCUT2D eigenvalue weighted by Gasteiger charge is 2.26. The number of carboxylic acid groups (broad SMARTS) is 1. The number of nitrogens with zero attached hydrogens (tertiary/aromatic N) is 3. The van der Waals surface area contributed by atoms with Gasteiger partial charge in [0.15, 0.2) is 5.16 Å². The van der Waals surface area contributed by atoms with Gasteiger partial charge in [0.2, 0.25) is 5.91 Å². The number of rotatable bonds is 7. The minimum atomic E-state index is -1.07. The third-order valence-electron chi connectivity index (χ3n) is 6.36. The number of benzene rings is 2. The molecule has 4 rings (SSSR count). The van der Waals surface area contributed by atoms with E-state index in [2.05, 4.69) is 11.9 Å². The summed E-state index contributed by atoms with van der Waals surface area (Å²) in [5.41, 5.74) is 1.27. The van der Waals surface area contributed by atoms with Crippen molar-refractivity contribution in [2.75, 3.05) is 13.1 Å². The lowest BCUT2D eigenvalue weighted by atomic mass is 9.99. The Morgan fingerprint density at radius 1 is 1.15 bits per heavy atom. The molecule has 2 heterocycles. The van der Waals surface area contributed by atoms with Crippen molar-refractivity contribution in [2.24, 2.45) is 5.92 Å². The molecule has 0 spiro atoms. The van der Waals surface area contributed by atoms with Crippen LogP contribution in [0.3, 0.4) is 0 Å². The highest BCUT2D eigenvalue weighted by atomic mass is 32.2. The SMILES string of the molecule is CC1CCN(C(=O)[C@@H](C)Sc2nc3cc(C(=O)O)ccc3c(=O)n2CCc2ccccc2)CC1. The van der Waals surface area contributed by atoms with Crippen molar-refractivity contribution in [3.05, 3.63) is 70.0 Å². The van der Waals surface area contributed by atoms with E-state index in [1.54, 1.807) is 4.57 Å². The molecule has 1 amide bonds. The van der Waals surface area contributed by atoms with Gasteiger partial charge in [-0.2, -0.15) is 0 Å². The molecular weight excluding hydrogens is 450 g/mol. The Bertz CT molecular complexity index is 1250. The number of aromatic carboxylic acids is 1. The molecular formula is C26H29N3O4S. The summed E-state index contributed by atoms with van der Waals surface area (Å²) >= 11 is 1.26. The maximum Gasteiger partial charge on any atom is 0.335 e. The highest BCUT2D eigenvalue weighted by Crippen LogP contribution is 2.26. The number of likely N-dealkylation sites (tertiary alicyclic amines) is 1. The molecule has 3 aromatic rings. The molecule has 0 unspecified atom stereocenters. The molecule has 178 valence electrons. The quantitative estimate of drug-likeness (QED) is 0.406. The van der Waals surface area contributed by atoms with Gasteiger partial charge in [0.1, 0.15) is 0 Å². The number of carbonyl (C=O) groups is 2. The Kier molecular flexibility index (Phi) is 7.36. The number of aryl methyl sites for hydroxylation is 1. The molecule has 2 aromatic carbocycles. The van der Waals surface area contributed by atoms with Crippen LogP contribution in [0.25, 0.3) is 10.9 Å². The zero-order chi connectivity index (χ0) is 24.2. The normalized spacial score (nSPS) is 15.4. The Balaban J connectivity index is 1.67. The van der Waals surface area contributed by atoms with Gasteiger partial charge in [0.05, 0.1) is 21.7 Å². The summed E-state index contributed by atoms with van der Waals surface area (Å²) in [5.74, 6) is -0.407. The lowest BCUT2D eigenvalue weighted by molar-refractivity contribution is -0.131. The van der Waals surface area contributed by atoms with E-state index in [9.17, 15) is 19.5 Å². The monoisotopic (exact) mass is 479 g/mol. The van der Waals surface area contributed by atoms with Crippen molar-refractivity contribution in [1.29, 1.82) is 0 Å². The summed E-state index contributed by atoms with van der Waals surface area (Å²) in [7, 11) is 0. The van der Waals surface area contributed by atoms with Gasteiger partial charge in [-0.3, -0.25) is 14.2 Å². The van der Waals surface area contributed by atoms with Gasteiger partial charge in [-0.25, -0.2) is 9.78 Å². The van der Waals surface area contributed by atoms with Crippen LogP contribution >= 0.6 is 11.8 Å². The van der Waals surface area contributed by atoms with Crippen molar-refractivity contribution < 1.29 is 14.7 Å². The van der Waals surface area contributed by atoms with E-state index < -0.39 is 11.2 Å². The molecule has 1 aromatic heterocycles. The zero-order valence-electron chi connectivity index (χ0n) is 19.4. The van der Waals surface area contributed by atoms with E-state index in [1.807, 2.05) is 42.2 Å². The van der Waals surface area contributed by atoms with Gasteiger partial charge in [-0.15, -0.1) is 0 Å². The minimum Gasteiger partial charge on any atom is -0.478 e. The number of piperidine rings is 1. The van der Waals surface area contributed by atoms with Crippen molar-refractivity contribution in [3.63, 3.8) is 0 Å². The van der Waals surface area contributed by atoms with Crippen molar-refractivity contribution >= 4 is 34.5 Å². The summed E-state index contributed by atoms with van der Waals surface area (Å²) in [6.45, 7) is 5.96. The van der Waals surface area contributed by atoms with Gasteiger partial charge >= 0.3 is 5.97 Å². The van der Waals surface area contributed by atoms with Crippen LogP contribution in [0.15, 0.2) is 58.5 Å². The molecule has 1 aliphatic rings. The largest absolute Gasteiger partial charge is 0.478 e. The third-order valence-corrected chi connectivity index (χ3v) is 7.44. The molecule has 7 nitrogen and oxygen atoms in total. The summed E-state index contributed by atoms with van der Waals surface area (Å²) < 4.78 is 1.61. The molecule has 8 heteroatoms. The van der Waals surface area contributed by atoms with Gasteiger partial charge in [-0.05, 0) is 55.9 Å². The highest BCUT2D eigenvalue weighted by molar-refractivity contribution is 8.00. The lowest BCUT2D eigenvalue weighted by Crippen LogP contribution is -2.42. The number of thioether (sulfide) groups is 1. The first-order valence-corrected chi connectivity index (χ1v) is 12.5. The van der Waals surface area contributed by atoms with Gasteiger partial charge < -0.3 is 10.0 Å². The van der Waals surface area contributed by atoms with E-state index in [4.69, 9.17) is 0 Å². The number of hydrogen-bond donors (Lipinski definition) is 1. The number of hydrogen-bond acceptors (Lipinski definition) is 5. The lowest BCUT2D eigenvalue weighted by Gasteiger charge is -2.32. The molecule has 0 bridgehead atoms. The second-order valence-corrected chi connectivity index (χ2v) is 10.2. The van der Waals surface area contributed by atoms with Gasteiger partial charge in [0.25, 0.3) is 5.56 Å². The van der Waals surface area contributed by atoms with Crippen LogP contribution in [0.2, 0.25) is 0 Å². The third kappa shape index (κ3) is 5.33. The van der Waals surface area contributed by atoms with Gasteiger partial charge in [-0.1, -0.05) is 49.0 Å². The van der Waals surface area contributed by atoms with Crippen molar-refractivity contribution in [3.8, 4) is 0 Å². The first kappa shape index (κ1) is 24.0. The van der Waals surface area contributed by atoms with Crippen LogP contribution in [0.5, 0.6) is 0 Å². The topological polar surface area (TPSA) is 92.5 Å². The summed E-state index contributed by atoms with van der Waals surface area (Å²) in [6, 6.07) is 14.2. The second kappa shape index (κ2) is 10.4. The van der Waals surface area contributed by atoms with Crippen LogP contribution in [0.4, 0.5) is 0 Å². The van der Waals surface area contributed by atoms with Crippen molar-refractivity contribution in [1.82, 2.24) is 14.5 Å². The van der Waals surface area contributed by atoms with Crippen LogP contribution in [0.1, 0.15) is 42.6 Å². The Labute approximate surface area is 202 Å². The average molecular weight is 480 g/mol. The van der Waals surface area contributed by atoms with E-state index in [0.29, 0.717) is 34.9 Å². The van der Waals surface area contributed by atoms with E-state index in [0.717, 1.165) is 31.5 Å². The number of aromatic nitrogens is 2. The smallest absolute Gasteiger partial charge is 0.335 e. The Hall–Kier alpha value is -3.13. The molecule has 1 atom stereocenters. The van der Waals surface area contributed by atoms with Crippen molar-refractivity contribution in [2.45, 2.75) is 50.1 Å². The number of fused-ring (bicyclic) bond motifs is 1. The average Bonchev–Trinajstić information content (AvgIpc) is 2.84. The summed E-state index contributed by atoms with van der Waals surface area (Å²) in [6.07, 6.45) is 2.63. The first-order chi connectivity index (χ1) is 16.3.